The molecule has 0 bridgehead atoms. The molecule has 0 aliphatic carbocycles. The van der Waals surface area contributed by atoms with Crippen LogP contribution in [0.1, 0.15) is 50.0 Å². The smallest absolute Gasteiger partial charge is 0.260 e. The summed E-state index contributed by atoms with van der Waals surface area (Å²) >= 11 is 0. The number of nitrogens with zero attached hydrogens (tertiary/aromatic N) is 2. The van der Waals surface area contributed by atoms with Gasteiger partial charge in [0.25, 0.3) is 11.8 Å². The Kier molecular flexibility index (Phi) is 7.78. The van der Waals surface area contributed by atoms with Gasteiger partial charge in [0.1, 0.15) is 11.5 Å². The predicted molar refractivity (Wildman–Crippen MR) is 125 cm³/mol. The molecular weight excluding hydrogens is 404 g/mol. The van der Waals surface area contributed by atoms with Crippen LogP contribution in [0, 0.1) is 0 Å². The van der Waals surface area contributed by atoms with Crippen LogP contribution in [0.25, 0.3) is 0 Å². The van der Waals surface area contributed by atoms with Crippen LogP contribution in [0.2, 0.25) is 0 Å². The maximum absolute atomic E-state index is 13.0. The van der Waals surface area contributed by atoms with Gasteiger partial charge in [0.2, 0.25) is 0 Å². The lowest BCUT2D eigenvalue weighted by Gasteiger charge is -2.23. The van der Waals surface area contributed by atoms with Crippen molar-refractivity contribution in [1.82, 2.24) is 9.80 Å². The first-order chi connectivity index (χ1) is 15.3. The largest absolute Gasteiger partial charge is 0.494 e. The van der Waals surface area contributed by atoms with Gasteiger partial charge < -0.3 is 19.3 Å². The van der Waals surface area contributed by atoms with E-state index in [0.29, 0.717) is 44.1 Å². The number of hydrogen-bond donors (Lipinski definition) is 0. The lowest BCUT2D eigenvalue weighted by molar-refractivity contribution is -0.133. The Balaban J connectivity index is 1.51. The molecule has 0 unspecified atom stereocenters. The van der Waals surface area contributed by atoms with E-state index in [1.165, 1.54) is 5.56 Å². The normalized spacial score (nSPS) is 14.6. The molecule has 3 rings (SSSR count). The molecule has 1 fully saturated rings. The fraction of sp³-hybridized carbons (Fsp3) is 0.462. The first-order valence-electron chi connectivity index (χ1n) is 11.3. The van der Waals surface area contributed by atoms with Crippen molar-refractivity contribution in [1.29, 1.82) is 0 Å². The molecule has 2 amide bonds. The summed E-state index contributed by atoms with van der Waals surface area (Å²) in [5.74, 6) is 1.36. The van der Waals surface area contributed by atoms with Gasteiger partial charge in [0.15, 0.2) is 6.61 Å². The molecular formula is C26H34N2O4. The second-order valence-corrected chi connectivity index (χ2v) is 9.05. The SMILES string of the molecule is CCOc1ccc(OCC(=O)N2CCCN(C(=O)c3ccc(C(C)(C)C)cc3)CC2)cc1. The Morgan fingerprint density at radius 2 is 1.38 bits per heavy atom. The number of hydrogen-bond acceptors (Lipinski definition) is 4. The molecule has 0 N–H and O–H groups in total. The lowest BCUT2D eigenvalue weighted by atomic mass is 9.86. The summed E-state index contributed by atoms with van der Waals surface area (Å²) in [5, 5.41) is 0. The maximum atomic E-state index is 13.0. The van der Waals surface area contributed by atoms with Gasteiger partial charge in [0, 0.05) is 31.7 Å². The van der Waals surface area contributed by atoms with Crippen LogP contribution < -0.4 is 9.47 Å². The maximum Gasteiger partial charge on any atom is 0.260 e. The molecule has 6 nitrogen and oxygen atoms in total. The van der Waals surface area contributed by atoms with Crippen LogP contribution in [0.4, 0.5) is 0 Å². The minimum absolute atomic E-state index is 0.0177. The van der Waals surface area contributed by atoms with E-state index in [4.69, 9.17) is 9.47 Å². The Labute approximate surface area is 191 Å². The van der Waals surface area contributed by atoms with Crippen LogP contribution in [0.5, 0.6) is 11.5 Å². The highest BCUT2D eigenvalue weighted by atomic mass is 16.5. The van der Waals surface area contributed by atoms with Crippen molar-refractivity contribution < 1.29 is 19.1 Å². The summed E-state index contributed by atoms with van der Waals surface area (Å²) in [5.41, 5.74) is 1.95. The van der Waals surface area contributed by atoms with Gasteiger partial charge in [-0.1, -0.05) is 32.9 Å². The Hall–Kier alpha value is -3.02. The molecule has 6 heteroatoms. The highest BCUT2D eigenvalue weighted by molar-refractivity contribution is 5.94. The number of amides is 2. The average Bonchev–Trinajstić information content (AvgIpc) is 3.04. The van der Waals surface area contributed by atoms with Gasteiger partial charge in [-0.15, -0.1) is 0 Å². The fourth-order valence-corrected chi connectivity index (χ4v) is 3.70. The first kappa shape index (κ1) is 23.6. The van der Waals surface area contributed by atoms with Gasteiger partial charge in [-0.05, 0) is 60.7 Å². The number of benzene rings is 2. The van der Waals surface area contributed by atoms with Crippen LogP contribution in [-0.2, 0) is 10.2 Å². The van der Waals surface area contributed by atoms with Crippen LogP contribution in [0.15, 0.2) is 48.5 Å². The molecule has 32 heavy (non-hydrogen) atoms. The molecule has 1 aliphatic heterocycles. The summed E-state index contributed by atoms with van der Waals surface area (Å²) in [7, 11) is 0. The van der Waals surface area contributed by atoms with Crippen molar-refractivity contribution in [2.75, 3.05) is 39.4 Å². The zero-order chi connectivity index (χ0) is 23.1. The fourth-order valence-electron chi connectivity index (χ4n) is 3.70. The van der Waals surface area contributed by atoms with Crippen LogP contribution in [0.3, 0.4) is 0 Å². The molecule has 172 valence electrons. The number of rotatable bonds is 6. The predicted octanol–water partition coefficient (Wildman–Crippen LogP) is 4.14. The highest BCUT2D eigenvalue weighted by Crippen LogP contribution is 2.23. The van der Waals surface area contributed by atoms with E-state index in [-0.39, 0.29) is 23.8 Å². The molecule has 1 heterocycles. The zero-order valence-electron chi connectivity index (χ0n) is 19.6. The molecule has 0 aromatic heterocycles. The minimum Gasteiger partial charge on any atom is -0.494 e. The van der Waals surface area contributed by atoms with Crippen LogP contribution >= 0.6 is 0 Å². The molecule has 1 saturated heterocycles. The molecule has 0 radical (unpaired) electrons. The van der Waals surface area contributed by atoms with E-state index in [1.54, 1.807) is 17.0 Å². The molecule has 1 aliphatic rings. The van der Waals surface area contributed by atoms with Gasteiger partial charge in [0.05, 0.1) is 6.61 Å². The van der Waals surface area contributed by atoms with Gasteiger partial charge >= 0.3 is 0 Å². The van der Waals surface area contributed by atoms with E-state index in [1.807, 2.05) is 48.2 Å². The quantitative estimate of drug-likeness (QED) is 0.680. The zero-order valence-corrected chi connectivity index (χ0v) is 19.6. The Bertz CT molecular complexity index is 901. The average molecular weight is 439 g/mol. The standard InChI is InChI=1S/C26H34N2O4/c1-5-31-22-11-13-23(14-12-22)32-19-24(29)27-15-6-16-28(18-17-27)25(30)20-7-9-21(10-8-20)26(2,3)4/h7-14H,5-6,15-19H2,1-4H3. The number of carbonyl (C=O) groups excluding carboxylic acids is 2. The van der Waals surface area contributed by atoms with E-state index in [0.717, 1.165) is 12.2 Å². The second-order valence-electron chi connectivity index (χ2n) is 9.05. The van der Waals surface area contributed by atoms with Gasteiger partial charge in [-0.25, -0.2) is 0 Å². The number of ether oxygens (including phenoxy) is 2. The van der Waals surface area contributed by atoms with Crippen molar-refractivity contribution in [3.05, 3.63) is 59.7 Å². The van der Waals surface area contributed by atoms with E-state index in [2.05, 4.69) is 20.8 Å². The van der Waals surface area contributed by atoms with Crippen molar-refractivity contribution in [2.24, 2.45) is 0 Å². The van der Waals surface area contributed by atoms with E-state index >= 15 is 0 Å². The van der Waals surface area contributed by atoms with Gasteiger partial charge in [-0.2, -0.15) is 0 Å². The second kappa shape index (κ2) is 10.5. The minimum atomic E-state index is -0.0669. The number of carbonyl (C=O) groups is 2. The van der Waals surface area contributed by atoms with Crippen LogP contribution in [-0.4, -0.2) is 61.0 Å². The summed E-state index contributed by atoms with van der Waals surface area (Å²) in [6.07, 6.45) is 0.751. The third kappa shape index (κ3) is 6.25. The summed E-state index contributed by atoms with van der Waals surface area (Å²) in [6.45, 7) is 11.3. The topological polar surface area (TPSA) is 59.1 Å². The summed E-state index contributed by atoms with van der Waals surface area (Å²) in [4.78, 5) is 29.2. The van der Waals surface area contributed by atoms with Crippen molar-refractivity contribution in [3.63, 3.8) is 0 Å². The summed E-state index contributed by atoms with van der Waals surface area (Å²) < 4.78 is 11.1. The molecule has 0 saturated carbocycles. The molecule has 2 aromatic carbocycles. The molecule has 0 spiro atoms. The van der Waals surface area contributed by atoms with E-state index < -0.39 is 0 Å². The lowest BCUT2D eigenvalue weighted by Crippen LogP contribution is -2.39. The van der Waals surface area contributed by atoms with Crippen molar-refractivity contribution in [2.45, 2.75) is 39.5 Å². The Morgan fingerprint density at radius 3 is 1.97 bits per heavy atom. The third-order valence-electron chi connectivity index (χ3n) is 5.63. The first-order valence-corrected chi connectivity index (χ1v) is 11.3. The summed E-state index contributed by atoms with van der Waals surface area (Å²) in [6, 6.07) is 15.1. The van der Waals surface area contributed by atoms with Gasteiger partial charge in [-0.3, -0.25) is 9.59 Å². The molecule has 0 atom stereocenters. The van der Waals surface area contributed by atoms with Crippen molar-refractivity contribution >= 4 is 11.8 Å². The van der Waals surface area contributed by atoms with Crippen molar-refractivity contribution in [3.8, 4) is 11.5 Å². The monoisotopic (exact) mass is 438 g/mol. The Morgan fingerprint density at radius 1 is 0.812 bits per heavy atom. The molecule has 2 aromatic rings. The van der Waals surface area contributed by atoms with E-state index in [9.17, 15) is 9.59 Å². The third-order valence-corrected chi connectivity index (χ3v) is 5.63. The highest BCUT2D eigenvalue weighted by Gasteiger charge is 2.23.